The second kappa shape index (κ2) is 11.5. The first-order valence-electron chi connectivity index (χ1n) is 7.84. The summed E-state index contributed by atoms with van der Waals surface area (Å²) in [6, 6.07) is 0.809. The van der Waals surface area contributed by atoms with Gasteiger partial charge in [0.25, 0.3) is 0 Å². The molecule has 0 aliphatic heterocycles. The summed E-state index contributed by atoms with van der Waals surface area (Å²) < 4.78 is 28.7. The predicted octanol–water partition coefficient (Wildman–Crippen LogP) is 1.16. The van der Waals surface area contributed by atoms with Crippen LogP contribution in [0.25, 0.3) is 0 Å². The zero-order chi connectivity index (χ0) is 17.1. The molecule has 0 aromatic carbocycles. The van der Waals surface area contributed by atoms with Gasteiger partial charge in [-0.25, -0.2) is 0 Å². The SMILES string of the molecule is CCO[Si](C)(CCCN)OC(CCCN)C(OC)(OC)OC. The second-order valence-electron chi connectivity index (χ2n) is 5.21. The Morgan fingerprint density at radius 1 is 1.00 bits per heavy atom. The minimum absolute atomic E-state index is 0.419. The van der Waals surface area contributed by atoms with Crippen LogP contribution in [0, 0.1) is 0 Å². The Bertz CT molecular complexity index is 274. The van der Waals surface area contributed by atoms with Crippen LogP contribution in [0.5, 0.6) is 0 Å². The molecule has 0 rings (SSSR count). The first-order valence-corrected chi connectivity index (χ1v) is 10.4. The molecule has 0 heterocycles. The first-order chi connectivity index (χ1) is 10.5. The summed E-state index contributed by atoms with van der Waals surface area (Å²) in [6.45, 7) is 5.76. The maximum absolute atomic E-state index is 6.35. The largest absolute Gasteiger partial charge is 0.395 e. The molecule has 22 heavy (non-hydrogen) atoms. The minimum Gasteiger partial charge on any atom is -0.395 e. The van der Waals surface area contributed by atoms with Crippen LogP contribution >= 0.6 is 0 Å². The van der Waals surface area contributed by atoms with E-state index < -0.39 is 20.6 Å². The van der Waals surface area contributed by atoms with Crippen LogP contribution in [-0.2, 0) is 23.1 Å². The van der Waals surface area contributed by atoms with Crippen molar-refractivity contribution in [3.8, 4) is 0 Å². The fourth-order valence-electron chi connectivity index (χ4n) is 2.45. The quantitative estimate of drug-likeness (QED) is 0.362. The topological polar surface area (TPSA) is 98.2 Å². The predicted molar refractivity (Wildman–Crippen MR) is 88.6 cm³/mol. The lowest BCUT2D eigenvalue weighted by Crippen LogP contribution is -2.55. The normalized spacial score (nSPS) is 16.5. The van der Waals surface area contributed by atoms with Gasteiger partial charge in [-0.05, 0) is 51.9 Å². The van der Waals surface area contributed by atoms with E-state index in [4.69, 9.17) is 34.5 Å². The molecule has 0 spiro atoms. The van der Waals surface area contributed by atoms with E-state index in [1.807, 2.05) is 13.5 Å². The van der Waals surface area contributed by atoms with E-state index in [0.29, 0.717) is 26.1 Å². The van der Waals surface area contributed by atoms with E-state index in [2.05, 4.69) is 0 Å². The second-order valence-corrected chi connectivity index (χ2v) is 8.50. The summed E-state index contributed by atoms with van der Waals surface area (Å²) in [7, 11) is 2.20. The van der Waals surface area contributed by atoms with E-state index in [1.54, 1.807) is 0 Å². The van der Waals surface area contributed by atoms with Gasteiger partial charge in [-0.1, -0.05) is 0 Å². The molecule has 0 aliphatic rings. The highest BCUT2D eigenvalue weighted by Gasteiger charge is 2.46. The van der Waals surface area contributed by atoms with E-state index in [0.717, 1.165) is 18.9 Å². The third-order valence-corrected chi connectivity index (χ3v) is 6.54. The van der Waals surface area contributed by atoms with E-state index in [-0.39, 0.29) is 0 Å². The van der Waals surface area contributed by atoms with Crippen molar-refractivity contribution in [2.75, 3.05) is 41.0 Å². The molecule has 134 valence electrons. The Labute approximate surface area is 135 Å². The molecule has 0 aromatic heterocycles. The van der Waals surface area contributed by atoms with Crippen LogP contribution < -0.4 is 11.5 Å². The summed E-state index contributed by atoms with van der Waals surface area (Å²) in [4.78, 5) is 0. The Balaban J connectivity index is 5.20. The summed E-state index contributed by atoms with van der Waals surface area (Å²) in [5.74, 6) is -1.26. The van der Waals surface area contributed by atoms with Gasteiger partial charge < -0.3 is 34.5 Å². The number of hydrogen-bond acceptors (Lipinski definition) is 7. The molecule has 2 unspecified atom stereocenters. The number of hydrogen-bond donors (Lipinski definition) is 2. The van der Waals surface area contributed by atoms with Gasteiger partial charge in [-0.3, -0.25) is 0 Å². The number of nitrogens with two attached hydrogens (primary N) is 2. The first kappa shape index (κ1) is 21.9. The Morgan fingerprint density at radius 2 is 1.55 bits per heavy atom. The molecule has 0 aromatic rings. The van der Waals surface area contributed by atoms with Crippen molar-refractivity contribution >= 4 is 8.56 Å². The van der Waals surface area contributed by atoms with Gasteiger partial charge in [0.2, 0.25) is 0 Å². The summed E-state index contributed by atoms with van der Waals surface area (Å²) >= 11 is 0. The van der Waals surface area contributed by atoms with Crippen LogP contribution in [0.2, 0.25) is 12.6 Å². The standard InChI is InChI=1S/C14H34N2O5Si/c1-6-20-22(5,12-8-11-16)21-13(9-7-10-15)14(17-2,18-3)19-4/h13H,6-12,15-16H2,1-5H3. The Morgan fingerprint density at radius 3 is 1.95 bits per heavy atom. The molecule has 0 saturated carbocycles. The zero-order valence-electron chi connectivity index (χ0n) is 14.7. The van der Waals surface area contributed by atoms with Crippen molar-refractivity contribution in [1.82, 2.24) is 0 Å². The van der Waals surface area contributed by atoms with E-state index >= 15 is 0 Å². The molecule has 4 N–H and O–H groups in total. The highest BCUT2D eigenvalue weighted by Crippen LogP contribution is 2.29. The molecule has 2 atom stereocenters. The number of ether oxygens (including phenoxy) is 3. The fourth-order valence-corrected chi connectivity index (χ4v) is 5.10. The molecule has 0 saturated heterocycles. The van der Waals surface area contributed by atoms with Gasteiger partial charge in [-0.2, -0.15) is 0 Å². The monoisotopic (exact) mass is 338 g/mol. The minimum atomic E-state index is -2.40. The lowest BCUT2D eigenvalue weighted by molar-refractivity contribution is -0.387. The average Bonchev–Trinajstić information content (AvgIpc) is 2.53. The third kappa shape index (κ3) is 6.59. The lowest BCUT2D eigenvalue weighted by atomic mass is 10.1. The van der Waals surface area contributed by atoms with E-state index in [1.165, 1.54) is 21.3 Å². The maximum atomic E-state index is 6.35. The van der Waals surface area contributed by atoms with Crippen LogP contribution in [0.15, 0.2) is 0 Å². The van der Waals surface area contributed by atoms with Crippen molar-refractivity contribution < 1.29 is 23.1 Å². The Hall–Kier alpha value is -0.0631. The maximum Gasteiger partial charge on any atom is 0.335 e. The average molecular weight is 339 g/mol. The molecule has 0 fully saturated rings. The summed E-state index contributed by atoms with van der Waals surface area (Å²) in [5.41, 5.74) is 11.3. The molecule has 0 aliphatic carbocycles. The third-order valence-electron chi connectivity index (χ3n) is 3.59. The number of rotatable bonds is 14. The molecule has 7 nitrogen and oxygen atoms in total. The van der Waals surface area contributed by atoms with Crippen LogP contribution in [0.3, 0.4) is 0 Å². The highest BCUT2D eigenvalue weighted by atomic mass is 28.4. The Kier molecular flexibility index (Phi) is 11.4. The van der Waals surface area contributed by atoms with Crippen molar-refractivity contribution in [3.63, 3.8) is 0 Å². The molecular formula is C14H34N2O5Si. The summed E-state index contributed by atoms with van der Waals surface area (Å²) in [5, 5.41) is 0. The number of methoxy groups -OCH3 is 3. The fraction of sp³-hybridized carbons (Fsp3) is 1.00. The van der Waals surface area contributed by atoms with Crippen LogP contribution in [0.4, 0.5) is 0 Å². The van der Waals surface area contributed by atoms with E-state index in [9.17, 15) is 0 Å². The van der Waals surface area contributed by atoms with Crippen molar-refractivity contribution in [3.05, 3.63) is 0 Å². The van der Waals surface area contributed by atoms with Crippen LogP contribution in [-0.4, -0.2) is 61.7 Å². The zero-order valence-corrected chi connectivity index (χ0v) is 15.7. The van der Waals surface area contributed by atoms with Gasteiger partial charge in [0.05, 0.1) is 0 Å². The van der Waals surface area contributed by atoms with Crippen molar-refractivity contribution in [2.24, 2.45) is 11.5 Å². The van der Waals surface area contributed by atoms with Gasteiger partial charge in [0, 0.05) is 27.9 Å². The highest BCUT2D eigenvalue weighted by molar-refractivity contribution is 6.66. The lowest BCUT2D eigenvalue weighted by Gasteiger charge is -2.40. The van der Waals surface area contributed by atoms with Crippen LogP contribution in [0.1, 0.15) is 26.2 Å². The van der Waals surface area contributed by atoms with Gasteiger partial charge in [0.1, 0.15) is 6.10 Å². The molecule has 0 amide bonds. The smallest absolute Gasteiger partial charge is 0.335 e. The molecule has 8 heteroatoms. The van der Waals surface area contributed by atoms with Crippen molar-refractivity contribution in [2.45, 2.75) is 50.9 Å². The van der Waals surface area contributed by atoms with Gasteiger partial charge in [0.15, 0.2) is 0 Å². The molecule has 0 bridgehead atoms. The molecule has 0 radical (unpaired) electrons. The van der Waals surface area contributed by atoms with Crippen molar-refractivity contribution in [1.29, 1.82) is 0 Å². The molecular weight excluding hydrogens is 304 g/mol. The van der Waals surface area contributed by atoms with Gasteiger partial charge >= 0.3 is 14.5 Å². The summed E-state index contributed by atoms with van der Waals surface area (Å²) in [6.07, 6.45) is 1.86. The van der Waals surface area contributed by atoms with Gasteiger partial charge in [-0.15, -0.1) is 0 Å².